The van der Waals surface area contributed by atoms with Crippen LogP contribution in [0, 0.1) is 11.8 Å². The van der Waals surface area contributed by atoms with Gasteiger partial charge in [0.1, 0.15) is 0 Å². The van der Waals surface area contributed by atoms with Crippen molar-refractivity contribution in [3.8, 4) is 0 Å². The SMILES string of the molecule is CCOC(=O)CCCCCN1CC2CCCC(N)C2C1. The summed E-state index contributed by atoms with van der Waals surface area (Å²) in [7, 11) is 0. The molecule has 0 bridgehead atoms. The third kappa shape index (κ3) is 4.45. The highest BCUT2D eigenvalue weighted by molar-refractivity contribution is 5.69. The predicted molar refractivity (Wildman–Crippen MR) is 80.3 cm³/mol. The van der Waals surface area contributed by atoms with Crippen LogP contribution < -0.4 is 5.73 Å². The Kier molecular flexibility index (Phi) is 6.30. The average Bonchev–Trinajstić information content (AvgIpc) is 2.83. The Labute approximate surface area is 123 Å². The van der Waals surface area contributed by atoms with Gasteiger partial charge in [-0.2, -0.15) is 0 Å². The molecule has 1 aliphatic carbocycles. The summed E-state index contributed by atoms with van der Waals surface area (Å²) in [5.41, 5.74) is 6.24. The molecule has 2 rings (SSSR count). The second-order valence-corrected chi connectivity index (χ2v) is 6.39. The van der Waals surface area contributed by atoms with E-state index in [0.717, 1.165) is 24.7 Å². The van der Waals surface area contributed by atoms with Crippen LogP contribution in [0.25, 0.3) is 0 Å². The van der Waals surface area contributed by atoms with E-state index in [4.69, 9.17) is 10.5 Å². The second-order valence-electron chi connectivity index (χ2n) is 6.39. The van der Waals surface area contributed by atoms with E-state index in [1.165, 1.54) is 45.3 Å². The minimum atomic E-state index is -0.0503. The first-order valence-corrected chi connectivity index (χ1v) is 8.34. The van der Waals surface area contributed by atoms with E-state index in [2.05, 4.69) is 4.90 Å². The van der Waals surface area contributed by atoms with E-state index in [0.29, 0.717) is 19.1 Å². The third-order valence-corrected chi connectivity index (χ3v) is 4.89. The highest BCUT2D eigenvalue weighted by Crippen LogP contribution is 2.35. The molecule has 2 aliphatic rings. The number of nitrogens with two attached hydrogens (primary N) is 1. The molecule has 0 amide bonds. The van der Waals surface area contributed by atoms with E-state index in [9.17, 15) is 4.79 Å². The zero-order valence-electron chi connectivity index (χ0n) is 12.9. The Balaban J connectivity index is 1.56. The van der Waals surface area contributed by atoms with Crippen molar-refractivity contribution in [2.24, 2.45) is 17.6 Å². The van der Waals surface area contributed by atoms with Gasteiger partial charge in [-0.25, -0.2) is 0 Å². The molecular formula is C16H30N2O2. The third-order valence-electron chi connectivity index (χ3n) is 4.89. The molecule has 0 spiro atoms. The highest BCUT2D eigenvalue weighted by Gasteiger charge is 2.38. The van der Waals surface area contributed by atoms with Gasteiger partial charge in [0.05, 0.1) is 6.61 Å². The van der Waals surface area contributed by atoms with Crippen LogP contribution in [0.3, 0.4) is 0 Å². The van der Waals surface area contributed by atoms with Gasteiger partial charge in [0, 0.05) is 25.6 Å². The van der Waals surface area contributed by atoms with Crippen LogP contribution in [0.4, 0.5) is 0 Å². The molecule has 3 atom stereocenters. The Hall–Kier alpha value is -0.610. The fourth-order valence-corrected chi connectivity index (χ4v) is 3.81. The molecule has 1 aliphatic heterocycles. The molecule has 2 fully saturated rings. The van der Waals surface area contributed by atoms with Gasteiger partial charge in [-0.05, 0) is 51.0 Å². The topological polar surface area (TPSA) is 55.6 Å². The quantitative estimate of drug-likeness (QED) is 0.574. The van der Waals surface area contributed by atoms with E-state index in [-0.39, 0.29) is 5.97 Å². The molecule has 1 saturated heterocycles. The number of rotatable bonds is 7. The Bertz CT molecular complexity index is 309. The molecule has 4 nitrogen and oxygen atoms in total. The summed E-state index contributed by atoms with van der Waals surface area (Å²) in [6.45, 7) is 5.97. The number of esters is 1. The van der Waals surface area contributed by atoms with Crippen LogP contribution >= 0.6 is 0 Å². The number of hydrogen-bond acceptors (Lipinski definition) is 4. The fraction of sp³-hybridized carbons (Fsp3) is 0.938. The number of nitrogens with zero attached hydrogens (tertiary/aromatic N) is 1. The van der Waals surface area contributed by atoms with Crippen LogP contribution in [0.1, 0.15) is 51.9 Å². The Morgan fingerprint density at radius 2 is 2.10 bits per heavy atom. The van der Waals surface area contributed by atoms with E-state index in [1.54, 1.807) is 0 Å². The van der Waals surface area contributed by atoms with Crippen molar-refractivity contribution in [1.29, 1.82) is 0 Å². The summed E-state index contributed by atoms with van der Waals surface area (Å²) in [6.07, 6.45) is 7.75. The number of ether oxygens (including phenoxy) is 1. The number of likely N-dealkylation sites (tertiary alicyclic amines) is 1. The first-order valence-electron chi connectivity index (χ1n) is 8.34. The smallest absolute Gasteiger partial charge is 0.305 e. The van der Waals surface area contributed by atoms with Gasteiger partial charge >= 0.3 is 5.97 Å². The van der Waals surface area contributed by atoms with Crippen molar-refractivity contribution in [3.63, 3.8) is 0 Å². The molecule has 1 heterocycles. The maximum absolute atomic E-state index is 11.2. The normalized spacial score (nSPS) is 30.2. The lowest BCUT2D eigenvalue weighted by molar-refractivity contribution is -0.143. The molecule has 0 aromatic heterocycles. The van der Waals surface area contributed by atoms with Gasteiger partial charge in [-0.15, -0.1) is 0 Å². The van der Waals surface area contributed by atoms with Gasteiger partial charge in [-0.1, -0.05) is 12.8 Å². The summed E-state index contributed by atoms with van der Waals surface area (Å²) in [6, 6.07) is 0.433. The summed E-state index contributed by atoms with van der Waals surface area (Å²) in [5.74, 6) is 1.53. The minimum absolute atomic E-state index is 0.0503. The zero-order valence-corrected chi connectivity index (χ0v) is 12.9. The van der Waals surface area contributed by atoms with Gasteiger partial charge in [-0.3, -0.25) is 4.79 Å². The standard InChI is InChI=1S/C16H30N2O2/c1-2-20-16(19)9-4-3-5-10-18-11-13-7-6-8-15(17)14(13)12-18/h13-15H,2-12,17H2,1H3. The molecule has 0 aromatic carbocycles. The number of carbonyl (C=O) groups is 1. The van der Waals surface area contributed by atoms with Crippen molar-refractivity contribution in [2.45, 2.75) is 57.9 Å². The molecule has 116 valence electrons. The maximum atomic E-state index is 11.2. The Morgan fingerprint density at radius 1 is 1.25 bits per heavy atom. The molecule has 1 saturated carbocycles. The fourth-order valence-electron chi connectivity index (χ4n) is 3.81. The molecular weight excluding hydrogens is 252 g/mol. The van der Waals surface area contributed by atoms with E-state index < -0.39 is 0 Å². The van der Waals surface area contributed by atoms with Crippen LogP contribution in [0.5, 0.6) is 0 Å². The molecule has 3 unspecified atom stereocenters. The lowest BCUT2D eigenvalue weighted by Crippen LogP contribution is -2.38. The van der Waals surface area contributed by atoms with Gasteiger partial charge in [0.2, 0.25) is 0 Å². The Morgan fingerprint density at radius 3 is 2.85 bits per heavy atom. The van der Waals surface area contributed by atoms with Gasteiger partial charge < -0.3 is 15.4 Å². The monoisotopic (exact) mass is 282 g/mol. The molecule has 2 N–H and O–H groups in total. The number of fused-ring (bicyclic) bond motifs is 1. The number of hydrogen-bond donors (Lipinski definition) is 1. The summed E-state index contributed by atoms with van der Waals surface area (Å²) in [5, 5.41) is 0. The average molecular weight is 282 g/mol. The van der Waals surface area contributed by atoms with Crippen LogP contribution in [-0.4, -0.2) is 43.2 Å². The lowest BCUT2D eigenvalue weighted by Gasteiger charge is -2.29. The number of unbranched alkanes of at least 4 members (excludes halogenated alkanes) is 2. The van der Waals surface area contributed by atoms with Crippen LogP contribution in [0.15, 0.2) is 0 Å². The summed E-state index contributed by atoms with van der Waals surface area (Å²) >= 11 is 0. The van der Waals surface area contributed by atoms with Crippen molar-refractivity contribution in [1.82, 2.24) is 4.90 Å². The molecule has 4 heteroatoms. The van der Waals surface area contributed by atoms with Gasteiger partial charge in [0.25, 0.3) is 0 Å². The minimum Gasteiger partial charge on any atom is -0.466 e. The van der Waals surface area contributed by atoms with Crippen molar-refractivity contribution in [2.75, 3.05) is 26.2 Å². The second kappa shape index (κ2) is 7.99. The van der Waals surface area contributed by atoms with Crippen LogP contribution in [-0.2, 0) is 9.53 Å². The van der Waals surface area contributed by atoms with Crippen LogP contribution in [0.2, 0.25) is 0 Å². The molecule has 20 heavy (non-hydrogen) atoms. The molecule has 0 aromatic rings. The largest absolute Gasteiger partial charge is 0.466 e. The first-order chi connectivity index (χ1) is 9.70. The summed E-state index contributed by atoms with van der Waals surface area (Å²) in [4.78, 5) is 13.8. The summed E-state index contributed by atoms with van der Waals surface area (Å²) < 4.78 is 4.93. The van der Waals surface area contributed by atoms with Crippen molar-refractivity contribution >= 4 is 5.97 Å². The first kappa shape index (κ1) is 15.8. The van der Waals surface area contributed by atoms with Crippen molar-refractivity contribution < 1.29 is 9.53 Å². The van der Waals surface area contributed by atoms with E-state index >= 15 is 0 Å². The maximum Gasteiger partial charge on any atom is 0.305 e. The van der Waals surface area contributed by atoms with Crippen molar-refractivity contribution in [3.05, 3.63) is 0 Å². The highest BCUT2D eigenvalue weighted by atomic mass is 16.5. The lowest BCUT2D eigenvalue weighted by atomic mass is 9.78. The predicted octanol–water partition coefficient (Wildman–Crippen LogP) is 2.17. The zero-order chi connectivity index (χ0) is 14.4. The number of carbonyl (C=O) groups excluding carboxylic acids is 1. The molecule has 0 radical (unpaired) electrons. The van der Waals surface area contributed by atoms with Gasteiger partial charge in [0.15, 0.2) is 0 Å². The van der Waals surface area contributed by atoms with E-state index in [1.807, 2.05) is 6.92 Å².